The lowest BCUT2D eigenvalue weighted by Gasteiger charge is -2.37. The second-order valence-electron chi connectivity index (χ2n) is 5.16. The summed E-state index contributed by atoms with van der Waals surface area (Å²) in [5.41, 5.74) is -0.856. The highest BCUT2D eigenvalue weighted by Gasteiger charge is 2.32. The van der Waals surface area contributed by atoms with E-state index in [4.69, 9.17) is 4.74 Å². The normalized spacial score (nSPS) is 15.2. The average molecular weight is 345 g/mol. The number of rotatable bonds is 2. The molecule has 0 saturated carbocycles. The van der Waals surface area contributed by atoms with Crippen LogP contribution in [0.2, 0.25) is 0 Å². The second kappa shape index (κ2) is 7.41. The summed E-state index contributed by atoms with van der Waals surface area (Å²) in [5.74, 6) is 0. The summed E-state index contributed by atoms with van der Waals surface area (Å²) in [6, 6.07) is 3.64. The molecule has 1 heterocycles. The van der Waals surface area contributed by atoms with Gasteiger partial charge in [-0.05, 0) is 38.0 Å². The Morgan fingerprint density at radius 2 is 1.88 bits per heavy atom. The van der Waals surface area contributed by atoms with Gasteiger partial charge in [0.25, 0.3) is 0 Å². The van der Waals surface area contributed by atoms with Gasteiger partial charge in [0.2, 0.25) is 0 Å². The third-order valence-corrected chi connectivity index (χ3v) is 3.44. The molecule has 1 aromatic carbocycles. The average Bonchev–Trinajstić information content (AvgIpc) is 2.54. The number of benzene rings is 1. The number of hydrogen-bond acceptors (Lipinski definition) is 3. The van der Waals surface area contributed by atoms with Crippen LogP contribution in [0.3, 0.4) is 0 Å². The first-order valence-electron chi connectivity index (χ1n) is 7.53. The van der Waals surface area contributed by atoms with Crippen LogP contribution in [0.5, 0.6) is 0 Å². The van der Waals surface area contributed by atoms with Crippen molar-refractivity contribution in [2.45, 2.75) is 25.9 Å². The maximum atomic E-state index is 12.7. The molecule has 6 nitrogen and oxygen atoms in total. The van der Waals surface area contributed by atoms with Gasteiger partial charge in [-0.15, -0.1) is 0 Å². The van der Waals surface area contributed by atoms with Gasteiger partial charge in [0.05, 0.1) is 12.2 Å². The van der Waals surface area contributed by atoms with Crippen LogP contribution in [0.4, 0.5) is 28.4 Å². The minimum Gasteiger partial charge on any atom is -0.448 e. The number of alkyl halides is 3. The molecule has 1 N–H and O–H groups in total. The molecule has 132 valence electrons. The van der Waals surface area contributed by atoms with Gasteiger partial charge < -0.3 is 10.1 Å². The Kier molecular flexibility index (Phi) is 5.53. The third kappa shape index (κ3) is 4.30. The number of anilines is 1. The Labute approximate surface area is 137 Å². The van der Waals surface area contributed by atoms with Crippen LogP contribution in [0.25, 0.3) is 0 Å². The molecule has 0 atom stereocenters. The smallest absolute Gasteiger partial charge is 0.428 e. The van der Waals surface area contributed by atoms with E-state index in [1.807, 2.05) is 0 Å². The van der Waals surface area contributed by atoms with E-state index in [1.54, 1.807) is 6.92 Å². The SMILES string of the molecule is CCOC(=O)N1CCCCN1C(=O)Nc1cccc(C(F)(F)F)c1. The number of ether oxygens (including phenoxy) is 1. The number of hydrogen-bond donors (Lipinski definition) is 1. The molecular weight excluding hydrogens is 327 g/mol. The maximum absolute atomic E-state index is 12.7. The standard InChI is InChI=1S/C15H18F3N3O3/c1-2-24-14(23)21-9-4-3-8-20(21)13(22)19-12-7-5-6-11(10-12)15(16,17)18/h5-7,10H,2-4,8-9H2,1H3,(H,19,22). The predicted octanol–water partition coefficient (Wildman–Crippen LogP) is 3.71. The van der Waals surface area contributed by atoms with Crippen molar-refractivity contribution in [3.63, 3.8) is 0 Å². The van der Waals surface area contributed by atoms with E-state index in [0.717, 1.165) is 22.2 Å². The molecule has 0 unspecified atom stereocenters. The summed E-state index contributed by atoms with van der Waals surface area (Å²) in [6.07, 6.45) is -3.75. The lowest BCUT2D eigenvalue weighted by Crippen LogP contribution is -2.54. The lowest BCUT2D eigenvalue weighted by atomic mass is 10.2. The molecule has 1 fully saturated rings. The van der Waals surface area contributed by atoms with Crippen LogP contribution in [0.1, 0.15) is 25.3 Å². The fourth-order valence-electron chi connectivity index (χ4n) is 2.32. The lowest BCUT2D eigenvalue weighted by molar-refractivity contribution is -0.137. The summed E-state index contributed by atoms with van der Waals surface area (Å²) in [4.78, 5) is 24.2. The van der Waals surface area contributed by atoms with Gasteiger partial charge in [0.15, 0.2) is 0 Å². The van der Waals surface area contributed by atoms with E-state index in [1.165, 1.54) is 12.1 Å². The Bertz CT molecular complexity index is 607. The van der Waals surface area contributed by atoms with Gasteiger partial charge in [-0.2, -0.15) is 13.2 Å². The zero-order chi connectivity index (χ0) is 17.7. The Morgan fingerprint density at radius 3 is 2.50 bits per heavy atom. The monoisotopic (exact) mass is 345 g/mol. The second-order valence-corrected chi connectivity index (χ2v) is 5.16. The van der Waals surface area contributed by atoms with Gasteiger partial charge in [-0.1, -0.05) is 6.07 Å². The first-order chi connectivity index (χ1) is 11.3. The van der Waals surface area contributed by atoms with E-state index in [0.29, 0.717) is 19.4 Å². The van der Waals surface area contributed by atoms with Crippen molar-refractivity contribution in [3.05, 3.63) is 29.8 Å². The maximum Gasteiger partial charge on any atom is 0.428 e. The number of carbonyl (C=O) groups excluding carboxylic acids is 2. The summed E-state index contributed by atoms with van der Waals surface area (Å²) < 4.78 is 43.1. The zero-order valence-corrected chi connectivity index (χ0v) is 13.1. The molecule has 24 heavy (non-hydrogen) atoms. The largest absolute Gasteiger partial charge is 0.448 e. The number of hydrazine groups is 1. The van der Waals surface area contributed by atoms with E-state index in [2.05, 4.69) is 5.32 Å². The molecule has 1 aliphatic rings. The van der Waals surface area contributed by atoms with Gasteiger partial charge in [0.1, 0.15) is 0 Å². The van der Waals surface area contributed by atoms with E-state index < -0.39 is 23.9 Å². The van der Waals surface area contributed by atoms with Gasteiger partial charge in [-0.3, -0.25) is 0 Å². The molecule has 9 heteroatoms. The number of urea groups is 1. The molecular formula is C15H18F3N3O3. The van der Waals surface area contributed by atoms with Gasteiger partial charge >= 0.3 is 18.3 Å². The summed E-state index contributed by atoms with van der Waals surface area (Å²) in [7, 11) is 0. The first-order valence-corrected chi connectivity index (χ1v) is 7.53. The third-order valence-electron chi connectivity index (χ3n) is 3.44. The van der Waals surface area contributed by atoms with E-state index in [9.17, 15) is 22.8 Å². The molecule has 1 saturated heterocycles. The molecule has 0 spiro atoms. The molecule has 0 aliphatic carbocycles. The van der Waals surface area contributed by atoms with Crippen LogP contribution in [-0.4, -0.2) is 41.8 Å². The first kappa shape index (κ1) is 17.9. The number of amides is 3. The highest BCUT2D eigenvalue weighted by Crippen LogP contribution is 2.30. The molecule has 1 aliphatic heterocycles. The van der Waals surface area contributed by atoms with Crippen molar-refractivity contribution < 1.29 is 27.5 Å². The van der Waals surface area contributed by atoms with Crippen molar-refractivity contribution in [2.75, 3.05) is 25.0 Å². The van der Waals surface area contributed by atoms with E-state index in [-0.39, 0.29) is 18.8 Å². The fraction of sp³-hybridized carbons (Fsp3) is 0.467. The van der Waals surface area contributed by atoms with Crippen LogP contribution in [-0.2, 0) is 10.9 Å². The van der Waals surface area contributed by atoms with Crippen LogP contribution >= 0.6 is 0 Å². The van der Waals surface area contributed by atoms with Crippen molar-refractivity contribution in [3.8, 4) is 0 Å². The predicted molar refractivity (Wildman–Crippen MR) is 80.1 cm³/mol. The van der Waals surface area contributed by atoms with Crippen molar-refractivity contribution in [1.29, 1.82) is 0 Å². The molecule has 0 bridgehead atoms. The highest BCUT2D eigenvalue weighted by molar-refractivity contribution is 5.90. The van der Waals surface area contributed by atoms with Gasteiger partial charge in [-0.25, -0.2) is 19.6 Å². The number of carbonyl (C=O) groups is 2. The zero-order valence-electron chi connectivity index (χ0n) is 13.1. The molecule has 2 rings (SSSR count). The quantitative estimate of drug-likeness (QED) is 0.889. The molecule has 0 aromatic heterocycles. The van der Waals surface area contributed by atoms with Gasteiger partial charge in [0, 0.05) is 18.8 Å². The summed E-state index contributed by atoms with van der Waals surface area (Å²) >= 11 is 0. The highest BCUT2D eigenvalue weighted by atomic mass is 19.4. The number of nitrogens with one attached hydrogen (secondary N) is 1. The fourth-order valence-corrected chi connectivity index (χ4v) is 2.32. The topological polar surface area (TPSA) is 61.9 Å². The minimum absolute atomic E-state index is 0.00390. The Morgan fingerprint density at radius 1 is 1.21 bits per heavy atom. The Balaban J connectivity index is 2.11. The van der Waals surface area contributed by atoms with Crippen LogP contribution in [0, 0.1) is 0 Å². The molecule has 1 aromatic rings. The summed E-state index contributed by atoms with van der Waals surface area (Å²) in [5, 5.41) is 4.71. The van der Waals surface area contributed by atoms with Crippen LogP contribution < -0.4 is 5.32 Å². The molecule has 0 radical (unpaired) electrons. The van der Waals surface area contributed by atoms with Crippen molar-refractivity contribution in [2.24, 2.45) is 0 Å². The summed E-state index contributed by atoms with van der Waals surface area (Å²) in [6.45, 7) is 2.41. The van der Waals surface area contributed by atoms with Crippen molar-refractivity contribution >= 4 is 17.8 Å². The number of halogens is 3. The van der Waals surface area contributed by atoms with Crippen LogP contribution in [0.15, 0.2) is 24.3 Å². The Hall–Kier alpha value is -2.45. The number of nitrogens with zero attached hydrogens (tertiary/aromatic N) is 2. The van der Waals surface area contributed by atoms with Crippen molar-refractivity contribution in [1.82, 2.24) is 10.0 Å². The molecule has 3 amide bonds. The minimum atomic E-state index is -4.50. The van der Waals surface area contributed by atoms with E-state index >= 15 is 0 Å².